The summed E-state index contributed by atoms with van der Waals surface area (Å²) in [5.74, 6) is 0.738. The molecule has 0 amide bonds. The Balaban J connectivity index is 2.30. The molecule has 0 unspecified atom stereocenters. The smallest absolute Gasteiger partial charge is 0.267 e. The summed E-state index contributed by atoms with van der Waals surface area (Å²) in [5, 5.41) is 3.80. The first kappa shape index (κ1) is 14.1. The van der Waals surface area contributed by atoms with Crippen molar-refractivity contribution in [1.82, 2.24) is 19.7 Å². The third-order valence-electron chi connectivity index (χ3n) is 2.51. The fraction of sp³-hybridized carbons (Fsp3) is 0.455. The van der Waals surface area contributed by atoms with Crippen molar-refractivity contribution in [3.8, 4) is 0 Å². The Morgan fingerprint density at radius 2 is 2.21 bits per heavy atom. The molecule has 0 atom stereocenters. The van der Waals surface area contributed by atoms with Gasteiger partial charge in [0.1, 0.15) is 6.54 Å². The van der Waals surface area contributed by atoms with Crippen LogP contribution in [0.25, 0.3) is 0 Å². The van der Waals surface area contributed by atoms with Crippen molar-refractivity contribution in [2.45, 2.75) is 32.9 Å². The highest BCUT2D eigenvalue weighted by molar-refractivity contribution is 14.1. The van der Waals surface area contributed by atoms with E-state index in [-0.39, 0.29) is 12.1 Å². The number of halogens is 1. The molecule has 0 aromatic carbocycles. The zero-order valence-electron chi connectivity index (χ0n) is 10.8. The first-order chi connectivity index (χ1) is 8.79. The molecule has 2 rings (SSSR count). The fourth-order valence-electron chi connectivity index (χ4n) is 1.39. The Bertz CT molecular complexity index is 656. The van der Waals surface area contributed by atoms with E-state index in [1.807, 2.05) is 22.6 Å². The van der Waals surface area contributed by atoms with Gasteiger partial charge in [-0.05, 0) is 43.4 Å². The van der Waals surface area contributed by atoms with E-state index in [1.54, 1.807) is 20.8 Å². The predicted molar refractivity (Wildman–Crippen MR) is 76.6 cm³/mol. The van der Waals surface area contributed by atoms with Crippen LogP contribution in [0.2, 0.25) is 0 Å². The third-order valence-corrected chi connectivity index (χ3v) is 3.75. The summed E-state index contributed by atoms with van der Waals surface area (Å²) >= 11 is 1.97. The van der Waals surface area contributed by atoms with E-state index in [4.69, 9.17) is 10.3 Å². The van der Waals surface area contributed by atoms with Crippen LogP contribution in [0.4, 0.5) is 0 Å². The van der Waals surface area contributed by atoms with Gasteiger partial charge in [0.2, 0.25) is 5.89 Å². The van der Waals surface area contributed by atoms with Gasteiger partial charge in [0.05, 0.1) is 21.1 Å². The van der Waals surface area contributed by atoms with Crippen molar-refractivity contribution in [2.24, 2.45) is 5.73 Å². The van der Waals surface area contributed by atoms with Crippen LogP contribution in [-0.2, 0) is 12.1 Å². The van der Waals surface area contributed by atoms with Gasteiger partial charge < -0.3 is 10.3 Å². The Morgan fingerprint density at radius 3 is 2.79 bits per heavy atom. The Morgan fingerprint density at radius 1 is 1.53 bits per heavy atom. The van der Waals surface area contributed by atoms with Crippen molar-refractivity contribution in [1.29, 1.82) is 0 Å². The van der Waals surface area contributed by atoms with E-state index in [0.29, 0.717) is 21.0 Å². The van der Waals surface area contributed by atoms with Gasteiger partial charge in [-0.3, -0.25) is 9.36 Å². The molecular weight excluding hydrogens is 361 g/mol. The number of hydrogen-bond acceptors (Lipinski definition) is 6. The molecule has 0 saturated carbocycles. The summed E-state index contributed by atoms with van der Waals surface area (Å²) in [4.78, 5) is 20.3. The van der Waals surface area contributed by atoms with E-state index in [2.05, 4.69) is 15.1 Å². The maximum Gasteiger partial charge on any atom is 0.267 e. The SMILES string of the molecule is Cc1ncn(Cc2nc(C(C)(C)N)no2)c(=O)c1I. The standard InChI is InChI=1S/C11H14IN5O2/c1-6-8(12)9(18)17(5-14-6)4-7-15-10(16-19-7)11(2,3)13/h5H,4,13H2,1-3H3. The molecule has 0 saturated heterocycles. The summed E-state index contributed by atoms with van der Waals surface area (Å²) in [6.07, 6.45) is 1.47. The van der Waals surface area contributed by atoms with Gasteiger partial charge >= 0.3 is 0 Å². The molecule has 7 nitrogen and oxygen atoms in total. The lowest BCUT2D eigenvalue weighted by Crippen LogP contribution is -2.30. The molecule has 102 valence electrons. The quantitative estimate of drug-likeness (QED) is 0.796. The minimum Gasteiger partial charge on any atom is -0.337 e. The predicted octanol–water partition coefficient (Wildman–Crippen LogP) is 0.781. The molecule has 0 aliphatic rings. The minimum atomic E-state index is -0.674. The topological polar surface area (TPSA) is 99.8 Å². The van der Waals surface area contributed by atoms with E-state index < -0.39 is 5.54 Å². The lowest BCUT2D eigenvalue weighted by atomic mass is 10.1. The summed E-state index contributed by atoms with van der Waals surface area (Å²) in [5.41, 5.74) is 5.78. The number of nitrogens with two attached hydrogens (primary N) is 1. The number of aromatic nitrogens is 4. The zero-order chi connectivity index (χ0) is 14.2. The molecule has 8 heteroatoms. The molecule has 2 N–H and O–H groups in total. The number of aryl methyl sites for hydroxylation is 1. The van der Waals surface area contributed by atoms with E-state index in [9.17, 15) is 4.79 Å². The summed E-state index contributed by atoms with van der Waals surface area (Å²) < 4.78 is 7.10. The summed E-state index contributed by atoms with van der Waals surface area (Å²) in [7, 11) is 0. The molecule has 0 aliphatic carbocycles. The third kappa shape index (κ3) is 3.00. The van der Waals surface area contributed by atoms with Gasteiger partial charge in [-0.25, -0.2) is 4.98 Å². The molecule has 2 heterocycles. The molecule has 2 aromatic heterocycles. The number of hydrogen-bond donors (Lipinski definition) is 1. The van der Waals surface area contributed by atoms with Crippen molar-refractivity contribution in [3.05, 3.63) is 37.7 Å². The second kappa shape index (κ2) is 5.00. The van der Waals surface area contributed by atoms with Crippen molar-refractivity contribution < 1.29 is 4.52 Å². The minimum absolute atomic E-state index is 0.125. The van der Waals surface area contributed by atoms with Crippen molar-refractivity contribution >= 4 is 22.6 Å². The first-order valence-corrected chi connectivity index (χ1v) is 6.70. The van der Waals surface area contributed by atoms with Gasteiger partial charge in [0, 0.05) is 0 Å². The van der Waals surface area contributed by atoms with Gasteiger partial charge in [-0.15, -0.1) is 0 Å². The van der Waals surface area contributed by atoms with Gasteiger partial charge in [-0.1, -0.05) is 5.16 Å². The Hall–Kier alpha value is -1.29. The van der Waals surface area contributed by atoms with Crippen LogP contribution in [-0.4, -0.2) is 19.7 Å². The van der Waals surface area contributed by atoms with E-state index in [0.717, 1.165) is 0 Å². The molecule has 0 spiro atoms. The monoisotopic (exact) mass is 375 g/mol. The van der Waals surface area contributed by atoms with Gasteiger partial charge in [-0.2, -0.15) is 4.98 Å². The number of rotatable bonds is 3. The molecule has 0 bridgehead atoms. The highest BCUT2D eigenvalue weighted by Crippen LogP contribution is 2.13. The lowest BCUT2D eigenvalue weighted by molar-refractivity contribution is 0.353. The summed E-state index contributed by atoms with van der Waals surface area (Å²) in [6.45, 7) is 5.54. The first-order valence-electron chi connectivity index (χ1n) is 5.62. The normalized spacial score (nSPS) is 11.8. The molecule has 0 aliphatic heterocycles. The van der Waals surface area contributed by atoms with Crippen LogP contribution in [0.15, 0.2) is 15.6 Å². The maximum absolute atomic E-state index is 12.0. The van der Waals surface area contributed by atoms with E-state index >= 15 is 0 Å². The van der Waals surface area contributed by atoms with Gasteiger partial charge in [0.25, 0.3) is 5.56 Å². The second-order valence-electron chi connectivity index (χ2n) is 4.81. The zero-order valence-corrected chi connectivity index (χ0v) is 13.0. The van der Waals surface area contributed by atoms with Gasteiger partial charge in [0.15, 0.2) is 5.82 Å². The Labute approximate surface area is 123 Å². The fourth-order valence-corrected chi connectivity index (χ4v) is 1.83. The van der Waals surface area contributed by atoms with Crippen molar-refractivity contribution in [3.63, 3.8) is 0 Å². The molecule has 2 aromatic rings. The lowest BCUT2D eigenvalue weighted by Gasteiger charge is -2.11. The molecular formula is C11H14IN5O2. The maximum atomic E-state index is 12.0. The summed E-state index contributed by atoms with van der Waals surface area (Å²) in [6, 6.07) is 0. The van der Waals surface area contributed by atoms with Crippen molar-refractivity contribution in [2.75, 3.05) is 0 Å². The average molecular weight is 375 g/mol. The average Bonchev–Trinajstić information content (AvgIpc) is 2.78. The van der Waals surface area contributed by atoms with Crippen LogP contribution in [0.5, 0.6) is 0 Å². The Kier molecular flexibility index (Phi) is 3.72. The molecule has 0 fully saturated rings. The van der Waals surface area contributed by atoms with Crippen LogP contribution in [0, 0.1) is 10.5 Å². The van der Waals surface area contributed by atoms with Crippen LogP contribution in [0.1, 0.15) is 31.3 Å². The molecule has 0 radical (unpaired) electrons. The highest BCUT2D eigenvalue weighted by atomic mass is 127. The molecule has 19 heavy (non-hydrogen) atoms. The second-order valence-corrected chi connectivity index (χ2v) is 5.89. The largest absolute Gasteiger partial charge is 0.337 e. The number of nitrogens with zero attached hydrogens (tertiary/aromatic N) is 4. The highest BCUT2D eigenvalue weighted by Gasteiger charge is 2.21. The van der Waals surface area contributed by atoms with E-state index in [1.165, 1.54) is 10.9 Å². The van der Waals surface area contributed by atoms with Crippen LogP contribution < -0.4 is 11.3 Å². The van der Waals surface area contributed by atoms with Crippen LogP contribution in [0.3, 0.4) is 0 Å². The van der Waals surface area contributed by atoms with Crippen LogP contribution >= 0.6 is 22.6 Å².